The third-order valence-electron chi connectivity index (χ3n) is 4.29. The molecule has 0 N–H and O–H groups in total. The van der Waals surface area contributed by atoms with Gasteiger partial charge in [0.2, 0.25) is 0 Å². The van der Waals surface area contributed by atoms with Crippen molar-refractivity contribution in [3.8, 4) is 17.0 Å². The van der Waals surface area contributed by atoms with Crippen LogP contribution in [0.25, 0.3) is 11.3 Å². The van der Waals surface area contributed by atoms with E-state index in [4.69, 9.17) is 4.74 Å². The second-order valence-corrected chi connectivity index (χ2v) is 6.87. The number of thiazole rings is 1. The Morgan fingerprint density at radius 2 is 2.00 bits per heavy atom. The largest absolute Gasteiger partial charge is 0.480 e. The molecule has 130 valence electrons. The van der Waals surface area contributed by atoms with E-state index in [1.807, 2.05) is 60.0 Å². The summed E-state index contributed by atoms with van der Waals surface area (Å²) < 4.78 is 5.86. The van der Waals surface area contributed by atoms with Crippen LogP contribution in [-0.4, -0.2) is 23.5 Å². The molecular weight excluding hydrogens is 344 g/mol. The number of aromatic nitrogens is 1. The third-order valence-corrected chi connectivity index (χ3v) is 5.16. The second kappa shape index (κ2) is 7.14. The van der Waals surface area contributed by atoms with Crippen molar-refractivity contribution < 1.29 is 9.53 Å². The summed E-state index contributed by atoms with van der Waals surface area (Å²) in [5.41, 5.74) is 2.96. The molecule has 26 heavy (non-hydrogen) atoms. The van der Waals surface area contributed by atoms with E-state index in [2.05, 4.69) is 11.6 Å². The molecule has 4 nitrogen and oxygen atoms in total. The summed E-state index contributed by atoms with van der Waals surface area (Å²) in [6, 6.07) is 17.7. The van der Waals surface area contributed by atoms with E-state index in [0.717, 1.165) is 22.6 Å². The van der Waals surface area contributed by atoms with Gasteiger partial charge >= 0.3 is 0 Å². The normalized spacial score (nSPS) is 15.2. The van der Waals surface area contributed by atoms with Crippen LogP contribution in [0.4, 0.5) is 5.13 Å². The average molecular weight is 362 g/mol. The highest BCUT2D eigenvalue weighted by Crippen LogP contribution is 2.32. The summed E-state index contributed by atoms with van der Waals surface area (Å²) in [6.07, 6.45) is 1.78. The second-order valence-electron chi connectivity index (χ2n) is 6.04. The van der Waals surface area contributed by atoms with Crippen molar-refractivity contribution in [1.29, 1.82) is 0 Å². The third kappa shape index (κ3) is 3.13. The van der Waals surface area contributed by atoms with Crippen molar-refractivity contribution in [1.82, 2.24) is 4.98 Å². The molecule has 5 heteroatoms. The number of amides is 1. The van der Waals surface area contributed by atoms with Crippen LogP contribution >= 0.6 is 11.3 Å². The molecule has 0 saturated heterocycles. The number of hydrogen-bond acceptors (Lipinski definition) is 4. The molecule has 0 radical (unpaired) electrons. The van der Waals surface area contributed by atoms with Gasteiger partial charge in [-0.1, -0.05) is 54.6 Å². The fourth-order valence-corrected chi connectivity index (χ4v) is 3.86. The first-order valence-electron chi connectivity index (χ1n) is 8.44. The van der Waals surface area contributed by atoms with Crippen molar-refractivity contribution in [2.24, 2.45) is 0 Å². The Hall–Kier alpha value is -2.92. The first-order valence-corrected chi connectivity index (χ1v) is 9.32. The van der Waals surface area contributed by atoms with Crippen molar-refractivity contribution in [3.05, 3.63) is 78.2 Å². The molecule has 2 aromatic carbocycles. The molecule has 1 amide bonds. The lowest BCUT2D eigenvalue weighted by atomic mass is 10.1. The quantitative estimate of drug-likeness (QED) is 0.634. The number of ether oxygens (including phenoxy) is 1. The Kier molecular flexibility index (Phi) is 4.54. The summed E-state index contributed by atoms with van der Waals surface area (Å²) in [5.74, 6) is 0.698. The molecule has 1 aliphatic heterocycles. The predicted octanol–water partition coefficient (Wildman–Crippen LogP) is 4.33. The first-order chi connectivity index (χ1) is 12.8. The zero-order valence-electron chi connectivity index (χ0n) is 14.2. The molecule has 2 heterocycles. The minimum absolute atomic E-state index is 0.0879. The number of carbonyl (C=O) groups excluding carboxylic acids is 1. The molecule has 0 saturated carbocycles. The molecule has 0 bridgehead atoms. The fourth-order valence-electron chi connectivity index (χ4n) is 3.01. The van der Waals surface area contributed by atoms with Gasteiger partial charge in [-0.25, -0.2) is 4.98 Å². The lowest BCUT2D eigenvalue weighted by molar-refractivity contribution is -0.124. The number of para-hydroxylation sites is 1. The Morgan fingerprint density at radius 3 is 2.77 bits per heavy atom. The predicted molar refractivity (Wildman–Crippen MR) is 105 cm³/mol. The standard InChI is InChI=1S/C21H18N2O2S/c1-2-12-23(20(24)19-13-16-10-6-7-11-18(16)25-19)21-22-17(14-26-21)15-8-4-3-5-9-15/h2-11,14,19H,1,12-13H2. The maximum absolute atomic E-state index is 13.1. The SMILES string of the molecule is C=CCN(C(=O)C1Cc2ccccc2O1)c1nc(-c2ccccc2)cs1. The van der Waals surface area contributed by atoms with Crippen LogP contribution < -0.4 is 9.64 Å². The maximum atomic E-state index is 13.1. The molecule has 1 atom stereocenters. The van der Waals surface area contributed by atoms with E-state index in [9.17, 15) is 4.79 Å². The highest BCUT2D eigenvalue weighted by atomic mass is 32.1. The summed E-state index contributed by atoms with van der Waals surface area (Å²) in [4.78, 5) is 19.4. The maximum Gasteiger partial charge on any atom is 0.270 e. The summed E-state index contributed by atoms with van der Waals surface area (Å²) in [6.45, 7) is 4.18. The van der Waals surface area contributed by atoms with Gasteiger partial charge in [0.25, 0.3) is 5.91 Å². The van der Waals surface area contributed by atoms with Crippen LogP contribution in [0.3, 0.4) is 0 Å². The molecule has 1 aromatic heterocycles. The Labute approximate surface area is 156 Å². The number of benzene rings is 2. The molecular formula is C21H18N2O2S. The smallest absolute Gasteiger partial charge is 0.270 e. The highest BCUT2D eigenvalue weighted by molar-refractivity contribution is 7.14. The minimum atomic E-state index is -0.517. The van der Waals surface area contributed by atoms with Gasteiger partial charge in [0, 0.05) is 23.9 Å². The molecule has 1 aliphatic rings. The Morgan fingerprint density at radius 1 is 1.23 bits per heavy atom. The van der Waals surface area contributed by atoms with E-state index >= 15 is 0 Å². The lowest BCUT2D eigenvalue weighted by Gasteiger charge is -2.21. The molecule has 1 unspecified atom stereocenters. The van der Waals surface area contributed by atoms with Crippen molar-refractivity contribution in [3.63, 3.8) is 0 Å². The summed E-state index contributed by atoms with van der Waals surface area (Å²) >= 11 is 1.45. The number of fused-ring (bicyclic) bond motifs is 1. The van der Waals surface area contributed by atoms with E-state index in [0.29, 0.717) is 18.1 Å². The zero-order chi connectivity index (χ0) is 17.9. The van der Waals surface area contributed by atoms with Crippen LogP contribution in [0.5, 0.6) is 5.75 Å². The molecule has 3 aromatic rings. The number of nitrogens with zero attached hydrogens (tertiary/aromatic N) is 2. The first kappa shape index (κ1) is 16.5. The van der Waals surface area contributed by atoms with Crippen LogP contribution in [0.2, 0.25) is 0 Å². The minimum Gasteiger partial charge on any atom is -0.480 e. The molecule has 0 spiro atoms. The number of anilines is 1. The lowest BCUT2D eigenvalue weighted by Crippen LogP contribution is -2.41. The number of rotatable bonds is 5. The van der Waals surface area contributed by atoms with Crippen molar-refractivity contribution in [2.75, 3.05) is 11.4 Å². The van der Waals surface area contributed by atoms with E-state index < -0.39 is 6.10 Å². The monoisotopic (exact) mass is 362 g/mol. The van der Waals surface area contributed by atoms with Crippen LogP contribution in [0, 0.1) is 0 Å². The van der Waals surface area contributed by atoms with Gasteiger partial charge in [-0.2, -0.15) is 0 Å². The Bertz CT molecular complexity index is 911. The summed E-state index contributed by atoms with van der Waals surface area (Å²) in [7, 11) is 0. The number of hydrogen-bond donors (Lipinski definition) is 0. The van der Waals surface area contributed by atoms with Crippen LogP contribution in [-0.2, 0) is 11.2 Å². The van der Waals surface area contributed by atoms with Crippen LogP contribution in [0.15, 0.2) is 72.6 Å². The van der Waals surface area contributed by atoms with Gasteiger partial charge in [-0.15, -0.1) is 17.9 Å². The van der Waals surface area contributed by atoms with Gasteiger partial charge in [-0.3, -0.25) is 9.69 Å². The average Bonchev–Trinajstić information content (AvgIpc) is 3.33. The van der Waals surface area contributed by atoms with Gasteiger partial charge in [0.05, 0.1) is 5.69 Å². The van der Waals surface area contributed by atoms with Crippen molar-refractivity contribution in [2.45, 2.75) is 12.5 Å². The molecule has 0 aliphatic carbocycles. The van der Waals surface area contributed by atoms with E-state index in [1.54, 1.807) is 11.0 Å². The van der Waals surface area contributed by atoms with E-state index in [1.165, 1.54) is 11.3 Å². The summed E-state index contributed by atoms with van der Waals surface area (Å²) in [5, 5.41) is 2.63. The van der Waals surface area contributed by atoms with Gasteiger partial charge in [-0.05, 0) is 11.6 Å². The van der Waals surface area contributed by atoms with Gasteiger partial charge in [0.15, 0.2) is 11.2 Å². The molecule has 4 rings (SSSR count). The topological polar surface area (TPSA) is 42.4 Å². The van der Waals surface area contributed by atoms with Gasteiger partial charge in [0.1, 0.15) is 5.75 Å². The molecule has 0 fully saturated rings. The zero-order valence-corrected chi connectivity index (χ0v) is 15.0. The van der Waals surface area contributed by atoms with Gasteiger partial charge < -0.3 is 4.74 Å². The Balaban J connectivity index is 1.58. The van der Waals surface area contributed by atoms with Crippen molar-refractivity contribution >= 4 is 22.4 Å². The van der Waals surface area contributed by atoms with E-state index in [-0.39, 0.29) is 5.91 Å². The number of carbonyl (C=O) groups is 1. The fraction of sp³-hybridized carbons (Fsp3) is 0.143. The van der Waals surface area contributed by atoms with Crippen LogP contribution in [0.1, 0.15) is 5.56 Å². The highest BCUT2D eigenvalue weighted by Gasteiger charge is 2.33.